The van der Waals surface area contributed by atoms with Crippen LogP contribution < -0.4 is 0 Å². The van der Waals surface area contributed by atoms with Crippen LogP contribution in [0.3, 0.4) is 0 Å². The first-order valence-corrected chi connectivity index (χ1v) is 19.2. The van der Waals surface area contributed by atoms with Crippen LogP contribution in [0.4, 0.5) is 0 Å². The molecule has 4 aromatic heterocycles. The number of benzene rings is 9. The van der Waals surface area contributed by atoms with Crippen LogP contribution in [-0.2, 0) is 0 Å². The van der Waals surface area contributed by atoms with Crippen molar-refractivity contribution in [2.75, 3.05) is 0 Å². The topological polar surface area (TPSA) is 35.1 Å². The van der Waals surface area contributed by atoms with Crippen LogP contribution in [0.25, 0.3) is 121 Å². The molecule has 0 aliphatic carbocycles. The summed E-state index contributed by atoms with van der Waals surface area (Å²) in [5.41, 5.74) is 12.9. The molecule has 0 atom stereocenters. The van der Waals surface area contributed by atoms with E-state index in [4.69, 9.17) is 9.97 Å². The van der Waals surface area contributed by atoms with Gasteiger partial charge < -0.3 is 8.97 Å². The molecule has 0 bridgehead atoms. The minimum atomic E-state index is 0.873. The number of nitrogens with zero attached hydrogens (tertiary/aromatic N) is 4. The molecule has 13 rings (SSSR count). The summed E-state index contributed by atoms with van der Waals surface area (Å²) < 4.78 is 4.97. The van der Waals surface area contributed by atoms with E-state index in [-0.39, 0.29) is 0 Å². The molecule has 0 fully saturated rings. The van der Waals surface area contributed by atoms with Crippen molar-refractivity contribution in [3.63, 3.8) is 0 Å². The van der Waals surface area contributed by atoms with Crippen molar-refractivity contribution in [3.05, 3.63) is 182 Å². The molecule has 13 aromatic rings. The third kappa shape index (κ3) is 3.97. The van der Waals surface area contributed by atoms with Gasteiger partial charge in [-0.2, -0.15) is 0 Å². The van der Waals surface area contributed by atoms with Crippen LogP contribution in [0.1, 0.15) is 0 Å². The first-order valence-electron chi connectivity index (χ1n) is 19.2. The quantitative estimate of drug-likeness (QED) is 0.183. The molecule has 4 nitrogen and oxygen atoms in total. The molecule has 4 heteroatoms. The number of fused-ring (bicyclic) bond motifs is 14. The fraction of sp³-hybridized carbons (Fsp3) is 0. The summed E-state index contributed by atoms with van der Waals surface area (Å²) in [4.78, 5) is 10.5. The van der Waals surface area contributed by atoms with E-state index in [0.29, 0.717) is 0 Å². The zero-order valence-corrected chi connectivity index (χ0v) is 30.1. The Bertz CT molecular complexity index is 3760. The van der Waals surface area contributed by atoms with Gasteiger partial charge in [-0.1, -0.05) is 127 Å². The first-order chi connectivity index (χ1) is 27.8. The zero-order chi connectivity index (χ0) is 36.5. The second-order valence-corrected chi connectivity index (χ2v) is 14.9. The van der Waals surface area contributed by atoms with Gasteiger partial charge in [-0.15, -0.1) is 0 Å². The predicted octanol–water partition coefficient (Wildman–Crippen LogP) is 13.5. The van der Waals surface area contributed by atoms with Crippen LogP contribution in [0.15, 0.2) is 182 Å². The second kappa shape index (κ2) is 11.0. The first kappa shape index (κ1) is 29.8. The molecule has 9 aromatic carbocycles. The lowest BCUT2D eigenvalue weighted by Crippen LogP contribution is -1.97. The van der Waals surface area contributed by atoms with Crippen molar-refractivity contribution < 1.29 is 0 Å². The van der Waals surface area contributed by atoms with E-state index in [9.17, 15) is 0 Å². The molecule has 0 radical (unpaired) electrons. The lowest BCUT2D eigenvalue weighted by atomic mass is 10.00. The SMILES string of the molecule is c1ccc2cc(-c3nc4ccccc4nc3-c3ccc(-n4c5ccc6ccccc6c5c5cc6c7ccccc7n7c8ccccc8c(c54)c67)cc3)ccc2c1. The average molecular weight is 711 g/mol. The van der Waals surface area contributed by atoms with Crippen LogP contribution in [0.2, 0.25) is 0 Å². The number of para-hydroxylation sites is 4. The fourth-order valence-electron chi connectivity index (χ4n) is 9.55. The Morgan fingerprint density at radius 3 is 1.71 bits per heavy atom. The summed E-state index contributed by atoms with van der Waals surface area (Å²) in [7, 11) is 0. The maximum Gasteiger partial charge on any atom is 0.0973 e. The predicted molar refractivity (Wildman–Crippen MR) is 234 cm³/mol. The van der Waals surface area contributed by atoms with Gasteiger partial charge in [0.25, 0.3) is 0 Å². The minimum Gasteiger partial charge on any atom is -0.309 e. The summed E-state index contributed by atoms with van der Waals surface area (Å²) in [6.07, 6.45) is 0. The van der Waals surface area contributed by atoms with E-state index < -0.39 is 0 Å². The number of rotatable bonds is 3. The molecule has 56 heavy (non-hydrogen) atoms. The van der Waals surface area contributed by atoms with E-state index in [0.717, 1.165) is 39.2 Å². The Labute approximate surface area is 320 Å². The molecular formula is C52H30N4. The third-order valence-electron chi connectivity index (χ3n) is 12.0. The highest BCUT2D eigenvalue weighted by atomic mass is 15.0. The maximum atomic E-state index is 5.27. The van der Waals surface area contributed by atoms with Gasteiger partial charge in [0, 0.05) is 49.1 Å². The van der Waals surface area contributed by atoms with Crippen LogP contribution in [0.5, 0.6) is 0 Å². The highest BCUT2D eigenvalue weighted by molar-refractivity contribution is 6.36. The maximum absolute atomic E-state index is 5.27. The molecule has 0 saturated heterocycles. The second-order valence-electron chi connectivity index (χ2n) is 14.9. The molecular weight excluding hydrogens is 681 g/mol. The molecule has 0 N–H and O–H groups in total. The fourth-order valence-corrected chi connectivity index (χ4v) is 9.55. The lowest BCUT2D eigenvalue weighted by Gasteiger charge is -2.13. The smallest absolute Gasteiger partial charge is 0.0973 e. The molecule has 258 valence electrons. The molecule has 0 saturated carbocycles. The Morgan fingerprint density at radius 2 is 0.929 bits per heavy atom. The number of hydrogen-bond donors (Lipinski definition) is 0. The molecule has 0 aliphatic heterocycles. The van der Waals surface area contributed by atoms with Crippen molar-refractivity contribution in [2.24, 2.45) is 0 Å². The Balaban J connectivity index is 1.11. The Kier molecular flexibility index (Phi) is 5.86. The molecule has 0 amide bonds. The highest BCUT2D eigenvalue weighted by Gasteiger charge is 2.25. The van der Waals surface area contributed by atoms with Crippen molar-refractivity contribution in [1.82, 2.24) is 18.9 Å². The van der Waals surface area contributed by atoms with Gasteiger partial charge in [0.05, 0.1) is 50.0 Å². The number of hydrogen-bond acceptors (Lipinski definition) is 2. The molecule has 4 heterocycles. The van der Waals surface area contributed by atoms with E-state index in [1.807, 2.05) is 24.3 Å². The highest BCUT2D eigenvalue weighted by Crippen LogP contribution is 2.47. The third-order valence-corrected chi connectivity index (χ3v) is 12.0. The summed E-state index contributed by atoms with van der Waals surface area (Å²) >= 11 is 0. The van der Waals surface area contributed by atoms with Crippen LogP contribution in [0, 0.1) is 0 Å². The van der Waals surface area contributed by atoms with Crippen molar-refractivity contribution in [3.8, 4) is 28.2 Å². The molecule has 0 unspecified atom stereocenters. The molecule has 0 spiro atoms. The van der Waals surface area contributed by atoms with Crippen LogP contribution in [-0.4, -0.2) is 18.9 Å². The monoisotopic (exact) mass is 710 g/mol. The Hall–Kier alpha value is -7.56. The van der Waals surface area contributed by atoms with E-state index >= 15 is 0 Å². The lowest BCUT2D eigenvalue weighted by molar-refractivity contribution is 1.19. The summed E-state index contributed by atoms with van der Waals surface area (Å²) in [5.74, 6) is 0. The van der Waals surface area contributed by atoms with Gasteiger partial charge in [0.1, 0.15) is 0 Å². The van der Waals surface area contributed by atoms with E-state index in [1.54, 1.807) is 0 Å². The van der Waals surface area contributed by atoms with Gasteiger partial charge in [0.15, 0.2) is 0 Å². The van der Waals surface area contributed by atoms with Gasteiger partial charge in [0.2, 0.25) is 0 Å². The number of aromatic nitrogens is 4. The zero-order valence-electron chi connectivity index (χ0n) is 30.1. The largest absolute Gasteiger partial charge is 0.309 e. The Morgan fingerprint density at radius 1 is 0.339 bits per heavy atom. The van der Waals surface area contributed by atoms with Gasteiger partial charge >= 0.3 is 0 Å². The van der Waals surface area contributed by atoms with Gasteiger partial charge in [-0.25, -0.2) is 9.97 Å². The summed E-state index contributed by atoms with van der Waals surface area (Å²) in [5, 5.41) is 12.6. The normalized spacial score (nSPS) is 12.3. The van der Waals surface area contributed by atoms with Crippen molar-refractivity contribution in [1.29, 1.82) is 0 Å². The average Bonchev–Trinajstić information content (AvgIpc) is 3.91. The van der Waals surface area contributed by atoms with Gasteiger partial charge in [-0.05, 0) is 76.1 Å². The van der Waals surface area contributed by atoms with Crippen molar-refractivity contribution in [2.45, 2.75) is 0 Å². The summed E-state index contributed by atoms with van der Waals surface area (Å²) in [6.45, 7) is 0. The summed E-state index contributed by atoms with van der Waals surface area (Å²) in [6, 6.07) is 65.8. The van der Waals surface area contributed by atoms with E-state index in [2.05, 4.69) is 167 Å². The van der Waals surface area contributed by atoms with Crippen molar-refractivity contribution >= 4 is 92.5 Å². The van der Waals surface area contributed by atoms with E-state index in [1.165, 1.54) is 81.4 Å². The minimum absolute atomic E-state index is 0.873. The van der Waals surface area contributed by atoms with Gasteiger partial charge in [-0.3, -0.25) is 0 Å². The molecule has 0 aliphatic rings. The standard InChI is InChI=1S/C52H30N4/c1-2-13-34-29-35(22-21-31(34)11-1)50-49(53-42-17-7-8-18-43(42)54-50)33-23-26-36(27-24-33)55-46-28-25-32-12-3-4-14-37(32)47(46)41-30-40-38-15-5-9-19-44(38)56-45-20-10-6-16-39(45)48(51(40)56)52(41)55/h1-30H. The van der Waals surface area contributed by atoms with Crippen LogP contribution >= 0.6 is 0 Å².